The molecule has 1 saturated heterocycles. The number of carbonyl (C=O) groups excluding carboxylic acids is 1. The van der Waals surface area contributed by atoms with Crippen LogP contribution >= 0.6 is 0 Å². The van der Waals surface area contributed by atoms with Gasteiger partial charge in [-0.3, -0.25) is 14.4 Å². The van der Waals surface area contributed by atoms with Crippen molar-refractivity contribution in [2.75, 3.05) is 26.7 Å². The van der Waals surface area contributed by atoms with Crippen molar-refractivity contribution < 1.29 is 9.18 Å². The van der Waals surface area contributed by atoms with Gasteiger partial charge in [0.1, 0.15) is 5.82 Å². The third kappa shape index (κ3) is 3.55. The maximum Gasteiger partial charge on any atom is 0.274 e. The summed E-state index contributed by atoms with van der Waals surface area (Å²) in [6.45, 7) is 2.10. The minimum Gasteiger partial charge on any atom is -0.334 e. The molecule has 3 aromatic rings. The average Bonchev–Trinajstić information content (AvgIpc) is 3.11. The number of aryl methyl sites for hydroxylation is 1. The lowest BCUT2D eigenvalue weighted by Crippen LogP contribution is -2.49. The molecule has 0 radical (unpaired) electrons. The Hall–Kier alpha value is -2.99. The number of likely N-dealkylation sites (N-methyl/N-ethyl adjacent to an activating group) is 1. The van der Waals surface area contributed by atoms with E-state index in [0.29, 0.717) is 18.8 Å². The minimum absolute atomic E-state index is 0.0713. The molecule has 4 rings (SSSR count). The molecule has 1 aliphatic rings. The van der Waals surface area contributed by atoms with Gasteiger partial charge in [0.2, 0.25) is 0 Å². The average molecular weight is 378 g/mol. The fourth-order valence-corrected chi connectivity index (χ4v) is 3.72. The Kier molecular flexibility index (Phi) is 4.96. The Labute approximate surface area is 164 Å². The molecule has 28 heavy (non-hydrogen) atoms. The molecule has 1 aliphatic heterocycles. The zero-order valence-corrected chi connectivity index (χ0v) is 16.0. The largest absolute Gasteiger partial charge is 0.334 e. The molecule has 1 amide bonds. The zero-order valence-electron chi connectivity index (χ0n) is 16.0. The summed E-state index contributed by atoms with van der Waals surface area (Å²) < 4.78 is 14.9. The van der Waals surface area contributed by atoms with E-state index in [1.807, 2.05) is 23.1 Å². The molecule has 144 valence electrons. The highest BCUT2D eigenvalue weighted by Crippen LogP contribution is 2.26. The van der Waals surface area contributed by atoms with Crippen LogP contribution in [0.15, 0.2) is 60.7 Å². The first kappa shape index (κ1) is 18.4. The van der Waals surface area contributed by atoms with Gasteiger partial charge >= 0.3 is 0 Å². The number of nitrogens with zero attached hydrogens (tertiary/aromatic N) is 4. The van der Waals surface area contributed by atoms with Gasteiger partial charge in [0.25, 0.3) is 5.91 Å². The molecule has 6 heteroatoms. The maximum absolute atomic E-state index is 13.2. The molecular weight excluding hydrogens is 355 g/mol. The number of amides is 1. The topological polar surface area (TPSA) is 41.4 Å². The van der Waals surface area contributed by atoms with E-state index in [1.54, 1.807) is 29.9 Å². The molecular formula is C22H23FN4O. The highest BCUT2D eigenvalue weighted by atomic mass is 19.1. The Morgan fingerprint density at radius 3 is 2.46 bits per heavy atom. The summed E-state index contributed by atoms with van der Waals surface area (Å²) in [6, 6.07) is 18.4. The van der Waals surface area contributed by atoms with Gasteiger partial charge in [-0.2, -0.15) is 5.10 Å². The summed E-state index contributed by atoms with van der Waals surface area (Å²) in [6.07, 6.45) is 0. The van der Waals surface area contributed by atoms with Crippen LogP contribution in [0.3, 0.4) is 0 Å². The van der Waals surface area contributed by atoms with Gasteiger partial charge < -0.3 is 4.90 Å². The molecule has 5 nitrogen and oxygen atoms in total. The highest BCUT2D eigenvalue weighted by Gasteiger charge is 2.30. The van der Waals surface area contributed by atoms with Crippen molar-refractivity contribution in [3.63, 3.8) is 0 Å². The first-order chi connectivity index (χ1) is 13.5. The number of aromatic nitrogens is 2. The van der Waals surface area contributed by atoms with E-state index in [0.717, 1.165) is 17.8 Å². The van der Waals surface area contributed by atoms with E-state index in [2.05, 4.69) is 29.2 Å². The fourth-order valence-electron chi connectivity index (χ4n) is 3.72. The van der Waals surface area contributed by atoms with E-state index < -0.39 is 0 Å². The number of halogens is 1. The van der Waals surface area contributed by atoms with E-state index >= 15 is 0 Å². The number of hydrogen-bond acceptors (Lipinski definition) is 3. The monoisotopic (exact) mass is 378 g/mol. The number of benzene rings is 2. The Morgan fingerprint density at radius 2 is 1.75 bits per heavy atom. The van der Waals surface area contributed by atoms with Gasteiger partial charge in [-0.1, -0.05) is 30.3 Å². The quantitative estimate of drug-likeness (QED) is 0.702. The smallest absolute Gasteiger partial charge is 0.274 e. The van der Waals surface area contributed by atoms with Crippen LogP contribution in [0, 0.1) is 5.82 Å². The van der Waals surface area contributed by atoms with Crippen LogP contribution in [-0.4, -0.2) is 52.2 Å². The third-order valence-electron chi connectivity index (χ3n) is 5.36. The molecule has 1 aromatic heterocycles. The molecule has 2 heterocycles. The van der Waals surface area contributed by atoms with E-state index in [9.17, 15) is 9.18 Å². The molecule has 0 aliphatic carbocycles. The van der Waals surface area contributed by atoms with Crippen LogP contribution in [0.5, 0.6) is 0 Å². The highest BCUT2D eigenvalue weighted by molar-refractivity contribution is 5.93. The maximum atomic E-state index is 13.2. The number of piperazine rings is 1. The summed E-state index contributed by atoms with van der Waals surface area (Å²) in [4.78, 5) is 17.3. The second kappa shape index (κ2) is 7.56. The standard InChI is InChI=1S/C22H23FN4O/c1-25-12-13-27(15-21(25)16-6-4-3-5-7-16)22(28)19-14-20(26(2)24-19)17-8-10-18(23)11-9-17/h3-11,14,21H,12-13,15H2,1-2H3. The Bertz CT molecular complexity index is 968. The van der Waals surface area contributed by atoms with Gasteiger partial charge in [-0.15, -0.1) is 0 Å². The van der Waals surface area contributed by atoms with Crippen molar-refractivity contribution in [2.24, 2.45) is 7.05 Å². The summed E-state index contributed by atoms with van der Waals surface area (Å²) >= 11 is 0. The molecule has 0 N–H and O–H groups in total. The lowest BCUT2D eigenvalue weighted by atomic mass is 10.0. The second-order valence-corrected chi connectivity index (χ2v) is 7.20. The van der Waals surface area contributed by atoms with Crippen LogP contribution in [-0.2, 0) is 7.05 Å². The van der Waals surface area contributed by atoms with Gasteiger partial charge in [0.05, 0.1) is 11.7 Å². The van der Waals surface area contributed by atoms with Crippen molar-refractivity contribution in [1.29, 1.82) is 0 Å². The SMILES string of the molecule is CN1CCN(C(=O)c2cc(-c3ccc(F)cc3)n(C)n2)CC1c1ccccc1. The molecule has 1 unspecified atom stereocenters. The van der Waals surface area contributed by atoms with Crippen LogP contribution < -0.4 is 0 Å². The van der Waals surface area contributed by atoms with E-state index in [-0.39, 0.29) is 17.8 Å². The molecule has 1 atom stereocenters. The first-order valence-corrected chi connectivity index (χ1v) is 9.37. The van der Waals surface area contributed by atoms with Gasteiger partial charge in [-0.25, -0.2) is 4.39 Å². The van der Waals surface area contributed by atoms with E-state index in [1.165, 1.54) is 17.7 Å². The Balaban J connectivity index is 1.56. The van der Waals surface area contributed by atoms with E-state index in [4.69, 9.17) is 0 Å². The zero-order chi connectivity index (χ0) is 19.7. The van der Waals surface area contributed by atoms with Crippen molar-refractivity contribution in [1.82, 2.24) is 19.6 Å². The molecule has 0 bridgehead atoms. The van der Waals surface area contributed by atoms with Crippen LogP contribution in [0.2, 0.25) is 0 Å². The first-order valence-electron chi connectivity index (χ1n) is 9.37. The molecule has 0 saturated carbocycles. The van der Waals surface area contributed by atoms with Crippen molar-refractivity contribution in [3.05, 3.63) is 77.7 Å². The molecule has 2 aromatic carbocycles. The van der Waals surface area contributed by atoms with Crippen molar-refractivity contribution >= 4 is 5.91 Å². The molecule has 0 spiro atoms. The predicted molar refractivity (Wildman–Crippen MR) is 106 cm³/mol. The molecule has 1 fully saturated rings. The predicted octanol–water partition coefficient (Wildman–Crippen LogP) is 3.36. The third-order valence-corrected chi connectivity index (χ3v) is 5.36. The van der Waals surface area contributed by atoms with Crippen LogP contribution in [0.4, 0.5) is 4.39 Å². The number of rotatable bonds is 3. The lowest BCUT2D eigenvalue weighted by Gasteiger charge is -2.39. The Morgan fingerprint density at radius 1 is 1.04 bits per heavy atom. The van der Waals surface area contributed by atoms with Crippen molar-refractivity contribution in [2.45, 2.75) is 6.04 Å². The van der Waals surface area contributed by atoms with Gasteiger partial charge in [0, 0.05) is 26.7 Å². The summed E-state index contributed by atoms with van der Waals surface area (Å²) in [7, 11) is 3.89. The normalized spacial score (nSPS) is 17.7. The summed E-state index contributed by atoms with van der Waals surface area (Å²) in [5.41, 5.74) is 3.24. The summed E-state index contributed by atoms with van der Waals surface area (Å²) in [5, 5.41) is 4.42. The summed E-state index contributed by atoms with van der Waals surface area (Å²) in [5.74, 6) is -0.357. The second-order valence-electron chi connectivity index (χ2n) is 7.20. The minimum atomic E-state index is -0.286. The number of carbonyl (C=O) groups is 1. The fraction of sp³-hybridized carbons (Fsp3) is 0.273. The van der Waals surface area contributed by atoms with Crippen molar-refractivity contribution in [3.8, 4) is 11.3 Å². The van der Waals surface area contributed by atoms with Crippen LogP contribution in [0.1, 0.15) is 22.1 Å². The number of hydrogen-bond donors (Lipinski definition) is 0. The van der Waals surface area contributed by atoms with Gasteiger partial charge in [-0.05, 0) is 48.5 Å². The van der Waals surface area contributed by atoms with Gasteiger partial charge in [0.15, 0.2) is 5.69 Å². The lowest BCUT2D eigenvalue weighted by molar-refractivity contribution is 0.0540. The van der Waals surface area contributed by atoms with Crippen LogP contribution in [0.25, 0.3) is 11.3 Å².